The van der Waals surface area contributed by atoms with E-state index in [-0.39, 0.29) is 11.8 Å². The first kappa shape index (κ1) is 15.9. The van der Waals surface area contributed by atoms with Gasteiger partial charge in [-0.05, 0) is 51.1 Å². The molecule has 0 aromatic carbocycles. The number of nitrogens with two attached hydrogens (primary N) is 1. The number of nitrogens with zero attached hydrogens (tertiary/aromatic N) is 2. The Hall–Kier alpha value is -1.16. The van der Waals surface area contributed by atoms with Gasteiger partial charge in [0, 0.05) is 18.7 Å². The van der Waals surface area contributed by atoms with Crippen LogP contribution < -0.4 is 5.73 Å². The van der Waals surface area contributed by atoms with Crippen LogP contribution in [0.4, 0.5) is 0 Å². The highest BCUT2D eigenvalue weighted by Gasteiger charge is 2.18. The summed E-state index contributed by atoms with van der Waals surface area (Å²) in [6.45, 7) is 9.16. The Morgan fingerprint density at radius 1 is 1.32 bits per heavy atom. The highest BCUT2D eigenvalue weighted by molar-refractivity contribution is 5.94. The predicted octanol–water partition coefficient (Wildman–Crippen LogP) is 3.05. The summed E-state index contributed by atoms with van der Waals surface area (Å²) in [5.41, 5.74) is 6.36. The van der Waals surface area contributed by atoms with Crippen molar-refractivity contribution >= 4 is 5.78 Å². The molecule has 0 aliphatic rings. The van der Waals surface area contributed by atoms with Gasteiger partial charge in [0.25, 0.3) is 0 Å². The van der Waals surface area contributed by atoms with Gasteiger partial charge in [0.05, 0.1) is 0 Å². The van der Waals surface area contributed by atoms with Crippen molar-refractivity contribution in [2.45, 2.75) is 53.0 Å². The minimum Gasteiger partial charge on any atom is -0.330 e. The Morgan fingerprint density at radius 3 is 2.53 bits per heavy atom. The molecule has 1 rings (SSSR count). The quantitative estimate of drug-likeness (QED) is 0.735. The minimum atomic E-state index is 0.189. The maximum Gasteiger partial charge on any atom is 0.180 e. The monoisotopic (exact) mass is 265 g/mol. The highest BCUT2D eigenvalue weighted by Crippen LogP contribution is 2.22. The Kier molecular flexibility index (Phi) is 6.22. The summed E-state index contributed by atoms with van der Waals surface area (Å²) in [7, 11) is 0. The fraction of sp³-hybridized carbons (Fsp3) is 0.733. The summed E-state index contributed by atoms with van der Waals surface area (Å²) in [6.07, 6.45) is 4.19. The van der Waals surface area contributed by atoms with Crippen LogP contribution in [-0.4, -0.2) is 22.1 Å². The molecule has 19 heavy (non-hydrogen) atoms. The van der Waals surface area contributed by atoms with Crippen molar-refractivity contribution in [3.63, 3.8) is 0 Å². The molecule has 0 saturated carbocycles. The van der Waals surface area contributed by atoms with Crippen molar-refractivity contribution in [1.29, 1.82) is 0 Å². The lowest BCUT2D eigenvalue weighted by atomic mass is 9.87. The molecular weight excluding hydrogens is 238 g/mol. The van der Waals surface area contributed by atoms with Crippen LogP contribution in [-0.2, 0) is 0 Å². The maximum absolute atomic E-state index is 12.3. The van der Waals surface area contributed by atoms with Gasteiger partial charge in [0.1, 0.15) is 5.69 Å². The molecule has 2 N–H and O–H groups in total. The molecule has 108 valence electrons. The average molecular weight is 265 g/mol. The van der Waals surface area contributed by atoms with Gasteiger partial charge in [-0.3, -0.25) is 9.48 Å². The van der Waals surface area contributed by atoms with E-state index in [9.17, 15) is 4.79 Å². The zero-order valence-corrected chi connectivity index (χ0v) is 12.6. The second kappa shape index (κ2) is 7.43. The van der Waals surface area contributed by atoms with Gasteiger partial charge in [-0.15, -0.1) is 0 Å². The lowest BCUT2D eigenvalue weighted by molar-refractivity contribution is 0.0956. The Bertz CT molecular complexity index is 396. The summed E-state index contributed by atoms with van der Waals surface area (Å²) in [5.74, 6) is 1.30. The van der Waals surface area contributed by atoms with E-state index >= 15 is 0 Å². The van der Waals surface area contributed by atoms with Gasteiger partial charge in [0.2, 0.25) is 0 Å². The number of aromatic nitrogens is 2. The van der Waals surface area contributed by atoms with E-state index < -0.39 is 0 Å². The second-order valence-corrected chi connectivity index (χ2v) is 5.80. The number of hydrogen-bond donors (Lipinski definition) is 1. The first-order valence-electron chi connectivity index (χ1n) is 7.24. The van der Waals surface area contributed by atoms with Crippen molar-refractivity contribution in [1.82, 2.24) is 9.78 Å². The van der Waals surface area contributed by atoms with Crippen molar-refractivity contribution in [2.75, 3.05) is 6.54 Å². The first-order valence-corrected chi connectivity index (χ1v) is 7.24. The van der Waals surface area contributed by atoms with E-state index in [1.54, 1.807) is 10.9 Å². The van der Waals surface area contributed by atoms with Crippen LogP contribution in [0.3, 0.4) is 0 Å². The third-order valence-corrected chi connectivity index (χ3v) is 3.67. The van der Waals surface area contributed by atoms with Crippen LogP contribution in [0, 0.1) is 11.8 Å². The molecule has 0 bridgehead atoms. The van der Waals surface area contributed by atoms with Gasteiger partial charge in [0.15, 0.2) is 5.78 Å². The third kappa shape index (κ3) is 4.46. The molecule has 1 heterocycles. The highest BCUT2D eigenvalue weighted by atomic mass is 16.1. The number of carbonyl (C=O) groups excluding carboxylic acids is 1. The number of hydrogen-bond acceptors (Lipinski definition) is 3. The Labute approximate surface area is 116 Å². The molecule has 0 aliphatic carbocycles. The van der Waals surface area contributed by atoms with E-state index in [4.69, 9.17) is 5.73 Å². The van der Waals surface area contributed by atoms with Crippen LogP contribution in [0.5, 0.6) is 0 Å². The molecule has 4 nitrogen and oxygen atoms in total. The molecule has 0 spiro atoms. The number of Topliss-reactive ketones (excluding diaryl/α,β-unsaturated/α-hetero) is 1. The van der Waals surface area contributed by atoms with Crippen molar-refractivity contribution in [2.24, 2.45) is 17.6 Å². The Morgan fingerprint density at radius 2 is 2.00 bits per heavy atom. The molecule has 0 amide bonds. The molecule has 1 atom stereocenters. The summed E-state index contributed by atoms with van der Waals surface area (Å²) < 4.78 is 1.80. The zero-order valence-electron chi connectivity index (χ0n) is 12.6. The Balaban J connectivity index is 2.61. The number of carbonyl (C=O) groups is 1. The van der Waals surface area contributed by atoms with Crippen LogP contribution >= 0.6 is 0 Å². The average Bonchev–Trinajstić information content (AvgIpc) is 2.82. The molecule has 1 aromatic rings. The van der Waals surface area contributed by atoms with E-state index in [2.05, 4.69) is 18.9 Å². The van der Waals surface area contributed by atoms with Gasteiger partial charge in [-0.25, -0.2) is 0 Å². The fourth-order valence-electron chi connectivity index (χ4n) is 2.42. The van der Waals surface area contributed by atoms with Gasteiger partial charge in [-0.2, -0.15) is 5.10 Å². The topological polar surface area (TPSA) is 60.9 Å². The normalized spacial score (nSPS) is 13.2. The number of ketones is 1. The smallest absolute Gasteiger partial charge is 0.180 e. The summed E-state index contributed by atoms with van der Waals surface area (Å²) in [5, 5.41) is 4.21. The maximum atomic E-state index is 12.3. The van der Waals surface area contributed by atoms with E-state index in [0.717, 1.165) is 18.5 Å². The first-order chi connectivity index (χ1) is 8.97. The molecule has 1 unspecified atom stereocenters. The minimum absolute atomic E-state index is 0.189. The van der Waals surface area contributed by atoms with Crippen LogP contribution in [0.2, 0.25) is 0 Å². The predicted molar refractivity (Wildman–Crippen MR) is 78.2 cm³/mol. The molecule has 0 saturated heterocycles. The van der Waals surface area contributed by atoms with Gasteiger partial charge < -0.3 is 5.73 Å². The van der Waals surface area contributed by atoms with Crippen molar-refractivity contribution in [3.05, 3.63) is 18.0 Å². The third-order valence-electron chi connectivity index (χ3n) is 3.67. The summed E-state index contributed by atoms with van der Waals surface area (Å²) in [4.78, 5) is 12.3. The number of rotatable bonds is 8. The van der Waals surface area contributed by atoms with E-state index in [1.807, 2.05) is 19.9 Å². The molecule has 1 aromatic heterocycles. The van der Waals surface area contributed by atoms with Crippen molar-refractivity contribution < 1.29 is 4.79 Å². The molecule has 0 aliphatic heterocycles. The van der Waals surface area contributed by atoms with E-state index in [1.165, 1.54) is 0 Å². The standard InChI is InChI=1S/C15H27N3O/c1-11(2)13(7-9-16)5-6-15(19)14-8-10-17-18(14)12(3)4/h8,10-13H,5-7,9,16H2,1-4H3. The SMILES string of the molecule is CC(C)C(CCN)CCC(=O)c1ccnn1C(C)C. The molecular formula is C15H27N3O. The fourth-order valence-corrected chi connectivity index (χ4v) is 2.42. The lowest BCUT2D eigenvalue weighted by Gasteiger charge is -2.19. The second-order valence-electron chi connectivity index (χ2n) is 5.80. The molecule has 4 heteroatoms. The van der Waals surface area contributed by atoms with Crippen LogP contribution in [0.15, 0.2) is 12.3 Å². The molecule has 0 fully saturated rings. The van der Waals surface area contributed by atoms with E-state index in [0.29, 0.717) is 24.8 Å². The van der Waals surface area contributed by atoms with Crippen molar-refractivity contribution in [3.8, 4) is 0 Å². The zero-order chi connectivity index (χ0) is 14.4. The largest absolute Gasteiger partial charge is 0.330 e. The van der Waals surface area contributed by atoms with Gasteiger partial charge >= 0.3 is 0 Å². The van der Waals surface area contributed by atoms with Gasteiger partial charge in [-0.1, -0.05) is 13.8 Å². The van der Waals surface area contributed by atoms with Crippen LogP contribution in [0.25, 0.3) is 0 Å². The summed E-state index contributed by atoms with van der Waals surface area (Å²) in [6, 6.07) is 2.04. The van der Waals surface area contributed by atoms with Crippen LogP contribution in [0.1, 0.15) is 63.5 Å². The molecule has 0 radical (unpaired) electrons. The summed E-state index contributed by atoms with van der Waals surface area (Å²) >= 11 is 0. The lowest BCUT2D eigenvalue weighted by Crippen LogP contribution is -2.17.